The zero-order valence-corrected chi connectivity index (χ0v) is 17.0. The monoisotopic (exact) mass is 384 g/mol. The van der Waals surface area contributed by atoms with E-state index in [4.69, 9.17) is 14.2 Å². The molecule has 0 saturated carbocycles. The Hall–Kier alpha value is -1.76. The van der Waals surface area contributed by atoms with Crippen LogP contribution in [0.2, 0.25) is 0 Å². The highest BCUT2D eigenvalue weighted by molar-refractivity contribution is 5.16. The van der Waals surface area contributed by atoms with E-state index in [1.54, 1.807) is 14.2 Å². The number of rotatable bonds is 10. The molecule has 0 bridgehead atoms. The van der Waals surface area contributed by atoms with Crippen molar-refractivity contribution in [2.24, 2.45) is 0 Å². The van der Waals surface area contributed by atoms with E-state index in [9.17, 15) is 0 Å². The van der Waals surface area contributed by atoms with Gasteiger partial charge in [0.25, 0.3) is 0 Å². The molecule has 0 aromatic heterocycles. The van der Waals surface area contributed by atoms with Crippen molar-refractivity contribution in [1.82, 2.24) is 9.80 Å². The van der Waals surface area contributed by atoms with Crippen LogP contribution in [0.3, 0.4) is 0 Å². The summed E-state index contributed by atoms with van der Waals surface area (Å²) >= 11 is 0. The third-order valence-corrected chi connectivity index (χ3v) is 5.21. The first kappa shape index (κ1) is 21.0. The van der Waals surface area contributed by atoms with Gasteiger partial charge in [-0.15, -0.1) is 0 Å². The Morgan fingerprint density at radius 1 is 0.857 bits per heavy atom. The van der Waals surface area contributed by atoms with Crippen LogP contribution in [-0.4, -0.2) is 69.2 Å². The molecule has 1 aliphatic rings. The number of hydrogen-bond acceptors (Lipinski definition) is 5. The second-order valence-corrected chi connectivity index (χ2v) is 7.21. The molecule has 2 atom stereocenters. The van der Waals surface area contributed by atoms with Gasteiger partial charge in [0.2, 0.25) is 0 Å². The fraction of sp³-hybridized carbons (Fsp3) is 0.478. The van der Waals surface area contributed by atoms with Gasteiger partial charge in [-0.1, -0.05) is 60.7 Å². The Balaban J connectivity index is 1.69. The molecule has 1 saturated heterocycles. The van der Waals surface area contributed by atoms with E-state index < -0.39 is 0 Å². The van der Waals surface area contributed by atoms with Crippen molar-refractivity contribution < 1.29 is 14.2 Å². The minimum absolute atomic E-state index is 0.166. The molecule has 3 rings (SSSR count). The Kier molecular flexibility index (Phi) is 8.45. The average molecular weight is 385 g/mol. The van der Waals surface area contributed by atoms with Crippen molar-refractivity contribution in [3.63, 3.8) is 0 Å². The highest BCUT2D eigenvalue weighted by atomic mass is 16.7. The van der Waals surface area contributed by atoms with E-state index in [1.807, 2.05) is 0 Å². The number of benzene rings is 2. The van der Waals surface area contributed by atoms with Crippen LogP contribution in [0.1, 0.15) is 11.1 Å². The topological polar surface area (TPSA) is 34.2 Å². The number of nitrogens with zero attached hydrogens (tertiary/aromatic N) is 2. The molecule has 1 heterocycles. The molecule has 0 spiro atoms. The van der Waals surface area contributed by atoms with Crippen LogP contribution < -0.4 is 0 Å². The van der Waals surface area contributed by atoms with Crippen molar-refractivity contribution in [2.75, 3.05) is 47.1 Å². The summed E-state index contributed by atoms with van der Waals surface area (Å²) in [6, 6.07) is 21.4. The van der Waals surface area contributed by atoms with Crippen LogP contribution >= 0.6 is 0 Å². The molecule has 0 amide bonds. The standard InChI is InChI=1S/C23H32N2O3/c1-26-15-16-28-23(27-2)22-19-24(17-20-9-5-3-6-10-20)13-14-25(22)18-21-11-7-4-8-12-21/h3-12,22-23H,13-19H2,1-2H3. The van der Waals surface area contributed by atoms with Crippen LogP contribution in [0, 0.1) is 0 Å². The van der Waals surface area contributed by atoms with Gasteiger partial charge in [0.05, 0.1) is 19.3 Å². The molecule has 0 radical (unpaired) electrons. The molecule has 5 heteroatoms. The van der Waals surface area contributed by atoms with E-state index in [0.717, 1.165) is 32.7 Å². The number of ether oxygens (including phenoxy) is 3. The summed E-state index contributed by atoms with van der Waals surface area (Å²) < 4.78 is 16.9. The fourth-order valence-corrected chi connectivity index (χ4v) is 3.75. The van der Waals surface area contributed by atoms with Gasteiger partial charge in [-0.3, -0.25) is 9.80 Å². The lowest BCUT2D eigenvalue weighted by Gasteiger charge is -2.44. The van der Waals surface area contributed by atoms with Crippen LogP contribution in [0.15, 0.2) is 60.7 Å². The van der Waals surface area contributed by atoms with Gasteiger partial charge in [-0.2, -0.15) is 0 Å². The summed E-state index contributed by atoms with van der Waals surface area (Å²) in [5.41, 5.74) is 2.66. The summed E-state index contributed by atoms with van der Waals surface area (Å²) in [4.78, 5) is 4.98. The van der Waals surface area contributed by atoms with Gasteiger partial charge in [0, 0.05) is 46.9 Å². The third kappa shape index (κ3) is 6.12. The first-order chi connectivity index (χ1) is 13.8. The maximum Gasteiger partial charge on any atom is 0.173 e. The average Bonchev–Trinajstić information content (AvgIpc) is 2.74. The fourth-order valence-electron chi connectivity index (χ4n) is 3.75. The Morgan fingerprint density at radius 3 is 2.11 bits per heavy atom. The lowest BCUT2D eigenvalue weighted by atomic mass is 10.1. The zero-order chi connectivity index (χ0) is 19.6. The predicted molar refractivity (Wildman–Crippen MR) is 111 cm³/mol. The van der Waals surface area contributed by atoms with E-state index in [0.29, 0.717) is 13.2 Å². The third-order valence-electron chi connectivity index (χ3n) is 5.21. The normalized spacial score (nSPS) is 19.6. The molecule has 1 fully saturated rings. The van der Waals surface area contributed by atoms with Crippen molar-refractivity contribution in [2.45, 2.75) is 25.4 Å². The van der Waals surface area contributed by atoms with Gasteiger partial charge in [-0.05, 0) is 11.1 Å². The lowest BCUT2D eigenvalue weighted by molar-refractivity contribution is -0.182. The highest BCUT2D eigenvalue weighted by Crippen LogP contribution is 2.20. The molecule has 0 aliphatic carbocycles. The first-order valence-electron chi connectivity index (χ1n) is 9.97. The quantitative estimate of drug-likeness (QED) is 0.465. The summed E-state index contributed by atoms with van der Waals surface area (Å²) in [6.07, 6.45) is -0.280. The molecule has 0 N–H and O–H groups in total. The first-order valence-corrected chi connectivity index (χ1v) is 9.97. The lowest BCUT2D eigenvalue weighted by Crippen LogP contribution is -2.58. The summed E-state index contributed by atoms with van der Waals surface area (Å²) in [5.74, 6) is 0. The van der Waals surface area contributed by atoms with Gasteiger partial charge in [0.1, 0.15) is 0 Å². The molecule has 1 aliphatic heterocycles. The number of methoxy groups -OCH3 is 2. The van der Waals surface area contributed by atoms with Crippen molar-refractivity contribution in [1.29, 1.82) is 0 Å². The van der Waals surface area contributed by atoms with Gasteiger partial charge in [0.15, 0.2) is 6.29 Å². The molecule has 152 valence electrons. The van der Waals surface area contributed by atoms with E-state index >= 15 is 0 Å². The summed E-state index contributed by atoms with van der Waals surface area (Å²) in [6.45, 7) is 5.88. The number of piperazine rings is 1. The smallest absolute Gasteiger partial charge is 0.173 e. The van der Waals surface area contributed by atoms with E-state index in [2.05, 4.69) is 70.5 Å². The molecule has 28 heavy (non-hydrogen) atoms. The maximum atomic E-state index is 6.02. The molecular formula is C23H32N2O3. The highest BCUT2D eigenvalue weighted by Gasteiger charge is 2.34. The Labute approximate surface area is 168 Å². The minimum atomic E-state index is -0.280. The Bertz CT molecular complexity index is 668. The molecular weight excluding hydrogens is 352 g/mol. The van der Waals surface area contributed by atoms with Crippen molar-refractivity contribution in [3.05, 3.63) is 71.8 Å². The molecule has 2 aromatic carbocycles. The summed E-state index contributed by atoms with van der Waals surface area (Å²) in [7, 11) is 3.42. The van der Waals surface area contributed by atoms with Gasteiger partial charge in [-0.25, -0.2) is 0 Å². The SMILES string of the molecule is COCCOC(OC)C1CN(Cc2ccccc2)CCN1Cc1ccccc1. The largest absolute Gasteiger partial charge is 0.382 e. The van der Waals surface area contributed by atoms with E-state index in [-0.39, 0.29) is 12.3 Å². The second-order valence-electron chi connectivity index (χ2n) is 7.21. The van der Waals surface area contributed by atoms with Gasteiger partial charge >= 0.3 is 0 Å². The van der Waals surface area contributed by atoms with Crippen molar-refractivity contribution >= 4 is 0 Å². The minimum Gasteiger partial charge on any atom is -0.382 e. The van der Waals surface area contributed by atoms with Crippen LogP contribution in [0.5, 0.6) is 0 Å². The zero-order valence-electron chi connectivity index (χ0n) is 17.0. The van der Waals surface area contributed by atoms with Crippen LogP contribution in [-0.2, 0) is 27.3 Å². The molecule has 2 aromatic rings. The van der Waals surface area contributed by atoms with Crippen LogP contribution in [0.4, 0.5) is 0 Å². The van der Waals surface area contributed by atoms with Crippen LogP contribution in [0.25, 0.3) is 0 Å². The molecule has 5 nitrogen and oxygen atoms in total. The van der Waals surface area contributed by atoms with E-state index in [1.165, 1.54) is 11.1 Å². The van der Waals surface area contributed by atoms with Gasteiger partial charge < -0.3 is 14.2 Å². The van der Waals surface area contributed by atoms with Crippen molar-refractivity contribution in [3.8, 4) is 0 Å². The predicted octanol–water partition coefficient (Wildman–Crippen LogP) is 3.01. The number of hydrogen-bond donors (Lipinski definition) is 0. The molecule has 2 unspecified atom stereocenters. The Morgan fingerprint density at radius 2 is 1.50 bits per heavy atom. The maximum absolute atomic E-state index is 6.02. The second kappa shape index (κ2) is 11.3. The summed E-state index contributed by atoms with van der Waals surface area (Å²) in [5, 5.41) is 0.